The molecule has 1 saturated heterocycles. The van der Waals surface area contributed by atoms with Gasteiger partial charge >= 0.3 is 0 Å². The van der Waals surface area contributed by atoms with Gasteiger partial charge < -0.3 is 4.90 Å². The van der Waals surface area contributed by atoms with Crippen LogP contribution in [-0.4, -0.2) is 28.3 Å². The van der Waals surface area contributed by atoms with Crippen LogP contribution >= 0.6 is 11.6 Å². The Morgan fingerprint density at radius 3 is 2.86 bits per heavy atom. The lowest BCUT2D eigenvalue weighted by atomic mass is 10.1. The van der Waals surface area contributed by atoms with Crippen molar-refractivity contribution in [2.24, 2.45) is 0 Å². The van der Waals surface area contributed by atoms with E-state index >= 15 is 0 Å². The van der Waals surface area contributed by atoms with Crippen molar-refractivity contribution in [1.82, 2.24) is 4.90 Å². The zero-order valence-corrected chi connectivity index (χ0v) is 12.8. The monoisotopic (exact) mass is 310 g/mol. The van der Waals surface area contributed by atoms with E-state index < -0.39 is 4.92 Å². The molecule has 1 aliphatic heterocycles. The van der Waals surface area contributed by atoms with E-state index in [1.54, 1.807) is 4.90 Å². The van der Waals surface area contributed by atoms with Gasteiger partial charge in [-0.15, -0.1) is 0 Å². The fraction of sp³-hybridized carbons (Fsp3) is 0.533. The van der Waals surface area contributed by atoms with Crippen LogP contribution in [0.15, 0.2) is 18.2 Å². The minimum Gasteiger partial charge on any atom is -0.335 e. The number of nitro benzene ring substituents is 1. The molecular weight excluding hydrogens is 292 g/mol. The standard InChI is InChI=1S/C15H19ClN2O3/c1-2-12-6-4-3-5-9-17(12)15(19)13-10-11(16)7-8-14(13)18(20)21/h7-8,10,12H,2-6,9H2,1H3. The smallest absolute Gasteiger partial charge is 0.282 e. The van der Waals surface area contributed by atoms with E-state index in [1.165, 1.54) is 18.2 Å². The largest absolute Gasteiger partial charge is 0.335 e. The van der Waals surface area contributed by atoms with E-state index in [1.807, 2.05) is 6.92 Å². The van der Waals surface area contributed by atoms with Gasteiger partial charge in [0.1, 0.15) is 5.56 Å². The SMILES string of the molecule is CCC1CCCCCN1C(=O)c1cc(Cl)ccc1[N+](=O)[O-]. The van der Waals surface area contributed by atoms with Gasteiger partial charge in [-0.25, -0.2) is 0 Å². The summed E-state index contributed by atoms with van der Waals surface area (Å²) in [7, 11) is 0. The second-order valence-corrected chi connectivity index (χ2v) is 5.76. The molecule has 0 saturated carbocycles. The third-order valence-corrected chi connectivity index (χ3v) is 4.23. The number of hydrogen-bond donors (Lipinski definition) is 0. The van der Waals surface area contributed by atoms with Crippen LogP contribution in [0.3, 0.4) is 0 Å². The molecule has 1 fully saturated rings. The lowest BCUT2D eigenvalue weighted by molar-refractivity contribution is -0.385. The summed E-state index contributed by atoms with van der Waals surface area (Å²) in [4.78, 5) is 25.2. The van der Waals surface area contributed by atoms with Crippen molar-refractivity contribution in [2.45, 2.75) is 45.1 Å². The first kappa shape index (κ1) is 15.8. The predicted molar refractivity (Wildman–Crippen MR) is 81.7 cm³/mol. The van der Waals surface area contributed by atoms with Gasteiger partial charge in [0, 0.05) is 23.7 Å². The summed E-state index contributed by atoms with van der Waals surface area (Å²) in [6, 6.07) is 4.29. The predicted octanol–water partition coefficient (Wildman–Crippen LogP) is 4.04. The number of carbonyl (C=O) groups is 1. The Labute approximate surface area is 129 Å². The van der Waals surface area contributed by atoms with Crippen LogP contribution in [0.5, 0.6) is 0 Å². The van der Waals surface area contributed by atoms with Crippen LogP contribution in [0.1, 0.15) is 49.4 Å². The highest BCUT2D eigenvalue weighted by molar-refractivity contribution is 6.31. The van der Waals surface area contributed by atoms with E-state index in [2.05, 4.69) is 0 Å². The molecular formula is C15H19ClN2O3. The molecule has 0 aliphatic carbocycles. The summed E-state index contributed by atoms with van der Waals surface area (Å²) in [6.45, 7) is 2.70. The zero-order valence-electron chi connectivity index (χ0n) is 12.0. The Hall–Kier alpha value is -1.62. The van der Waals surface area contributed by atoms with Crippen LogP contribution in [0.2, 0.25) is 5.02 Å². The molecule has 0 N–H and O–H groups in total. The summed E-state index contributed by atoms with van der Waals surface area (Å²) in [6.07, 6.45) is 4.95. The fourth-order valence-electron chi connectivity index (χ4n) is 2.86. The summed E-state index contributed by atoms with van der Waals surface area (Å²) >= 11 is 5.91. The molecule has 5 nitrogen and oxygen atoms in total. The Kier molecular flexibility index (Phi) is 5.17. The maximum Gasteiger partial charge on any atom is 0.282 e. The first-order chi connectivity index (χ1) is 10.0. The summed E-state index contributed by atoms with van der Waals surface area (Å²) < 4.78 is 0. The molecule has 2 rings (SSSR count). The van der Waals surface area contributed by atoms with Crippen LogP contribution < -0.4 is 0 Å². The highest BCUT2D eigenvalue weighted by Crippen LogP contribution is 2.27. The maximum atomic E-state index is 12.8. The second-order valence-electron chi connectivity index (χ2n) is 5.33. The number of nitrogens with zero attached hydrogens (tertiary/aromatic N) is 2. The van der Waals surface area contributed by atoms with E-state index in [0.29, 0.717) is 11.6 Å². The normalized spacial score (nSPS) is 19.1. The Morgan fingerprint density at radius 2 is 2.19 bits per heavy atom. The highest BCUT2D eigenvalue weighted by atomic mass is 35.5. The molecule has 1 atom stereocenters. The number of carbonyl (C=O) groups excluding carboxylic acids is 1. The topological polar surface area (TPSA) is 63.5 Å². The molecule has 0 aromatic heterocycles. The molecule has 0 bridgehead atoms. The van der Waals surface area contributed by atoms with Gasteiger partial charge in [0.2, 0.25) is 0 Å². The maximum absolute atomic E-state index is 12.8. The van der Waals surface area contributed by atoms with Gasteiger partial charge in [0.15, 0.2) is 0 Å². The van der Waals surface area contributed by atoms with Crippen molar-refractivity contribution in [2.75, 3.05) is 6.54 Å². The number of nitro groups is 1. The molecule has 1 heterocycles. The molecule has 0 radical (unpaired) electrons. The van der Waals surface area contributed by atoms with Crippen molar-refractivity contribution in [1.29, 1.82) is 0 Å². The number of likely N-dealkylation sites (tertiary alicyclic amines) is 1. The van der Waals surface area contributed by atoms with Gasteiger partial charge in [-0.2, -0.15) is 0 Å². The zero-order chi connectivity index (χ0) is 15.4. The van der Waals surface area contributed by atoms with E-state index in [0.717, 1.165) is 32.1 Å². The Morgan fingerprint density at radius 1 is 1.43 bits per heavy atom. The first-order valence-corrected chi connectivity index (χ1v) is 7.67. The van der Waals surface area contributed by atoms with Crippen molar-refractivity contribution in [3.63, 3.8) is 0 Å². The third kappa shape index (κ3) is 3.53. The van der Waals surface area contributed by atoms with Crippen LogP contribution in [0.25, 0.3) is 0 Å². The molecule has 1 unspecified atom stereocenters. The number of benzene rings is 1. The lowest BCUT2D eigenvalue weighted by Crippen LogP contribution is -2.39. The number of rotatable bonds is 3. The van der Waals surface area contributed by atoms with Crippen LogP contribution in [0.4, 0.5) is 5.69 Å². The molecule has 1 aromatic rings. The van der Waals surface area contributed by atoms with E-state index in [4.69, 9.17) is 11.6 Å². The van der Waals surface area contributed by atoms with Gasteiger partial charge in [-0.3, -0.25) is 14.9 Å². The van der Waals surface area contributed by atoms with Gasteiger partial charge in [-0.1, -0.05) is 31.4 Å². The average Bonchev–Trinajstić information content (AvgIpc) is 2.71. The summed E-state index contributed by atoms with van der Waals surface area (Å²) in [5, 5.41) is 11.5. The lowest BCUT2D eigenvalue weighted by Gasteiger charge is -2.29. The van der Waals surface area contributed by atoms with Crippen molar-refractivity contribution in [3.8, 4) is 0 Å². The number of amides is 1. The van der Waals surface area contributed by atoms with Crippen molar-refractivity contribution >= 4 is 23.2 Å². The minimum atomic E-state index is -0.525. The molecule has 1 aliphatic rings. The highest BCUT2D eigenvalue weighted by Gasteiger charge is 2.29. The second kappa shape index (κ2) is 6.89. The average molecular weight is 311 g/mol. The van der Waals surface area contributed by atoms with Gasteiger partial charge in [0.05, 0.1) is 4.92 Å². The van der Waals surface area contributed by atoms with E-state index in [-0.39, 0.29) is 23.2 Å². The quantitative estimate of drug-likeness (QED) is 0.625. The molecule has 6 heteroatoms. The van der Waals surface area contributed by atoms with Crippen LogP contribution in [0, 0.1) is 10.1 Å². The molecule has 114 valence electrons. The summed E-state index contributed by atoms with van der Waals surface area (Å²) in [5.74, 6) is -0.280. The molecule has 1 aromatic carbocycles. The first-order valence-electron chi connectivity index (χ1n) is 7.29. The minimum absolute atomic E-state index is 0.0906. The van der Waals surface area contributed by atoms with Crippen molar-refractivity contribution in [3.05, 3.63) is 38.9 Å². The number of halogens is 1. The Bertz CT molecular complexity index is 548. The van der Waals surface area contributed by atoms with E-state index in [9.17, 15) is 14.9 Å². The van der Waals surface area contributed by atoms with Crippen molar-refractivity contribution < 1.29 is 9.72 Å². The third-order valence-electron chi connectivity index (χ3n) is 3.99. The fourth-order valence-corrected chi connectivity index (χ4v) is 3.03. The Balaban J connectivity index is 2.37. The molecule has 0 spiro atoms. The number of hydrogen-bond acceptors (Lipinski definition) is 3. The van der Waals surface area contributed by atoms with Gasteiger partial charge in [0.25, 0.3) is 11.6 Å². The van der Waals surface area contributed by atoms with Gasteiger partial charge in [-0.05, 0) is 31.4 Å². The molecule has 1 amide bonds. The molecule has 21 heavy (non-hydrogen) atoms. The van der Waals surface area contributed by atoms with Crippen LogP contribution in [-0.2, 0) is 0 Å². The summed E-state index contributed by atoms with van der Waals surface area (Å²) in [5.41, 5.74) is -0.0867.